The van der Waals surface area contributed by atoms with Gasteiger partial charge in [-0.2, -0.15) is 0 Å². The number of rotatable bonds is 2. The third-order valence-electron chi connectivity index (χ3n) is 2.05. The second-order valence-electron chi connectivity index (χ2n) is 3.10. The van der Waals surface area contributed by atoms with Crippen molar-refractivity contribution in [3.05, 3.63) is 48.2 Å². The largest absolute Gasteiger partial charge is 0.497 e. The first-order valence-corrected chi connectivity index (χ1v) is 4.45. The van der Waals surface area contributed by atoms with Gasteiger partial charge in [-0.05, 0) is 35.3 Å². The zero-order chi connectivity index (χ0) is 16.7. The fourth-order valence-electron chi connectivity index (χ4n) is 1.25. The quantitative estimate of drug-likeness (QED) is 0.794. The molecule has 0 fully saturated rings. The fourth-order valence-corrected chi connectivity index (χ4v) is 1.25. The molecule has 0 atom stereocenters. The molecular weight excluding hydrogens is 205 g/mol. The third-order valence-corrected chi connectivity index (χ3v) is 2.05. The predicted octanol–water partition coefficient (Wildman–Crippen LogP) is 3.08. The Balaban J connectivity index is 2.65. The minimum Gasteiger partial charge on any atom is -0.497 e. The number of hydrogen-bond donors (Lipinski definition) is 1. The van der Waals surface area contributed by atoms with Crippen LogP contribution in [-0.2, 0) is 0 Å². The zero-order valence-corrected chi connectivity index (χ0v) is 8.17. The summed E-state index contributed by atoms with van der Waals surface area (Å²) in [6.45, 7) is 0. The SMILES string of the molecule is [2H]c1cc([2H])c(-c2ccc(N)c(F)c2)c([2H])c1OC([2H])([2H])[2H]. The van der Waals surface area contributed by atoms with Crippen LogP contribution in [0.1, 0.15) is 8.22 Å². The number of methoxy groups -OCH3 is 1. The van der Waals surface area contributed by atoms with E-state index >= 15 is 0 Å². The molecule has 3 heteroatoms. The number of nitrogen functional groups attached to an aromatic ring is 1. The van der Waals surface area contributed by atoms with Gasteiger partial charge in [-0.3, -0.25) is 0 Å². The predicted molar refractivity (Wildman–Crippen MR) is 62.8 cm³/mol. The van der Waals surface area contributed by atoms with Gasteiger partial charge in [0.2, 0.25) is 0 Å². The Labute approximate surface area is 102 Å². The molecule has 2 aromatic carbocycles. The summed E-state index contributed by atoms with van der Waals surface area (Å²) >= 11 is 0. The molecule has 0 aliphatic rings. The van der Waals surface area contributed by atoms with Crippen LogP contribution in [0.3, 0.4) is 0 Å². The molecule has 0 spiro atoms. The first-order chi connectivity index (χ1) is 10.1. The summed E-state index contributed by atoms with van der Waals surface area (Å²) in [7, 11) is -2.83. The lowest BCUT2D eigenvalue weighted by molar-refractivity contribution is 0.415. The van der Waals surface area contributed by atoms with Crippen molar-refractivity contribution in [2.45, 2.75) is 0 Å². The molecule has 0 bridgehead atoms. The van der Waals surface area contributed by atoms with Gasteiger partial charge in [0.05, 0.1) is 20.9 Å². The maximum absolute atomic E-state index is 13.6. The molecule has 16 heavy (non-hydrogen) atoms. The van der Waals surface area contributed by atoms with E-state index < -0.39 is 30.7 Å². The highest BCUT2D eigenvalue weighted by atomic mass is 19.1. The van der Waals surface area contributed by atoms with Crippen LogP contribution in [0.4, 0.5) is 10.1 Å². The molecule has 82 valence electrons. The standard InChI is InChI=1S/C13H12FNO/c1-16-11-4-2-3-9(7-11)10-5-6-13(15)12(14)8-10/h2-8H,15H2,1H3/i1D3,3D,4D,7D. The molecule has 0 aliphatic heterocycles. The summed E-state index contributed by atoms with van der Waals surface area (Å²) in [6.07, 6.45) is 0. The second kappa shape index (κ2) is 4.23. The highest BCUT2D eigenvalue weighted by molar-refractivity contribution is 5.67. The van der Waals surface area contributed by atoms with Crippen molar-refractivity contribution >= 4 is 5.69 Å². The van der Waals surface area contributed by atoms with Crippen molar-refractivity contribution < 1.29 is 17.4 Å². The molecule has 0 unspecified atom stereocenters. The summed E-state index contributed by atoms with van der Waals surface area (Å²) in [5, 5.41) is 0. The first kappa shape index (κ1) is 5.34. The van der Waals surface area contributed by atoms with E-state index in [1.54, 1.807) is 0 Å². The third kappa shape index (κ3) is 1.98. The summed E-state index contributed by atoms with van der Waals surface area (Å²) in [4.78, 5) is 0. The van der Waals surface area contributed by atoms with Crippen LogP contribution in [0.15, 0.2) is 42.4 Å². The Morgan fingerprint density at radius 3 is 3.00 bits per heavy atom. The molecule has 0 radical (unpaired) electrons. The minimum atomic E-state index is -2.83. The average molecular weight is 223 g/mol. The summed E-state index contributed by atoms with van der Waals surface area (Å²) in [5.41, 5.74) is 5.44. The molecule has 0 saturated heterocycles. The summed E-state index contributed by atoms with van der Waals surface area (Å²) < 4.78 is 63.0. The lowest BCUT2D eigenvalue weighted by Crippen LogP contribution is -1.90. The van der Waals surface area contributed by atoms with Gasteiger partial charge < -0.3 is 10.5 Å². The average Bonchev–Trinajstić information content (AvgIpc) is 2.37. The normalized spacial score (nSPS) is 16.3. The van der Waals surface area contributed by atoms with Crippen LogP contribution in [0, 0.1) is 5.82 Å². The highest BCUT2D eigenvalue weighted by Gasteiger charge is 2.03. The van der Waals surface area contributed by atoms with E-state index in [9.17, 15) is 4.39 Å². The van der Waals surface area contributed by atoms with Gasteiger partial charge in [-0.1, -0.05) is 18.2 Å². The molecule has 2 aromatic rings. The van der Waals surface area contributed by atoms with Crippen molar-refractivity contribution in [1.82, 2.24) is 0 Å². The molecule has 2 rings (SSSR count). The van der Waals surface area contributed by atoms with Crippen LogP contribution < -0.4 is 10.5 Å². The zero-order valence-electron chi connectivity index (χ0n) is 14.2. The first-order valence-electron chi connectivity index (χ1n) is 7.45. The molecule has 2 N–H and O–H groups in total. The molecule has 0 saturated carbocycles. The van der Waals surface area contributed by atoms with Gasteiger partial charge in [-0.15, -0.1) is 0 Å². The highest BCUT2D eigenvalue weighted by Crippen LogP contribution is 2.25. The van der Waals surface area contributed by atoms with E-state index in [2.05, 4.69) is 4.74 Å². The Kier molecular flexibility index (Phi) is 1.41. The number of hydrogen-bond acceptors (Lipinski definition) is 2. The van der Waals surface area contributed by atoms with Gasteiger partial charge in [0.25, 0.3) is 0 Å². The van der Waals surface area contributed by atoms with E-state index in [0.29, 0.717) is 0 Å². The lowest BCUT2D eigenvalue weighted by atomic mass is 10.0. The fraction of sp³-hybridized carbons (Fsp3) is 0.0769. The number of nitrogens with two attached hydrogens (primary N) is 1. The molecule has 0 amide bonds. The van der Waals surface area contributed by atoms with Crippen LogP contribution in [0.2, 0.25) is 0 Å². The molecule has 0 aromatic heterocycles. The Morgan fingerprint density at radius 1 is 1.38 bits per heavy atom. The van der Waals surface area contributed by atoms with Gasteiger partial charge in [0.1, 0.15) is 11.6 Å². The molecule has 0 aliphatic carbocycles. The minimum absolute atomic E-state index is 0.0332. The van der Waals surface area contributed by atoms with Crippen molar-refractivity contribution in [2.75, 3.05) is 12.8 Å². The molecular formula is C13H12FNO. The van der Waals surface area contributed by atoms with Gasteiger partial charge in [-0.25, -0.2) is 4.39 Å². The Hall–Kier alpha value is -2.03. The van der Waals surface area contributed by atoms with E-state index in [4.69, 9.17) is 14.0 Å². The van der Waals surface area contributed by atoms with E-state index in [1.165, 1.54) is 12.1 Å². The Bertz CT molecular complexity index is 731. The van der Waals surface area contributed by atoms with Crippen LogP contribution in [-0.4, -0.2) is 7.04 Å². The summed E-state index contributed by atoms with van der Waals surface area (Å²) in [6, 6.07) is 3.71. The van der Waals surface area contributed by atoms with Gasteiger partial charge in [0, 0.05) is 0 Å². The Morgan fingerprint density at radius 2 is 2.25 bits per heavy atom. The van der Waals surface area contributed by atoms with Crippen LogP contribution in [0.25, 0.3) is 11.1 Å². The monoisotopic (exact) mass is 223 g/mol. The van der Waals surface area contributed by atoms with Crippen molar-refractivity contribution in [3.63, 3.8) is 0 Å². The number of benzene rings is 2. The van der Waals surface area contributed by atoms with Crippen LogP contribution in [0.5, 0.6) is 5.75 Å². The van der Waals surface area contributed by atoms with E-state index in [1.807, 2.05) is 0 Å². The number of ether oxygens (including phenoxy) is 1. The lowest BCUT2D eigenvalue weighted by Gasteiger charge is -2.05. The molecule has 0 heterocycles. The second-order valence-corrected chi connectivity index (χ2v) is 3.10. The van der Waals surface area contributed by atoms with Gasteiger partial charge in [0.15, 0.2) is 0 Å². The molecule has 2 nitrogen and oxygen atoms in total. The van der Waals surface area contributed by atoms with Crippen molar-refractivity contribution in [1.29, 1.82) is 0 Å². The van der Waals surface area contributed by atoms with Crippen molar-refractivity contribution in [2.24, 2.45) is 0 Å². The number of anilines is 1. The van der Waals surface area contributed by atoms with Crippen molar-refractivity contribution in [3.8, 4) is 16.9 Å². The van der Waals surface area contributed by atoms with Gasteiger partial charge >= 0.3 is 0 Å². The topological polar surface area (TPSA) is 35.2 Å². The maximum Gasteiger partial charge on any atom is 0.146 e. The maximum atomic E-state index is 13.6. The summed E-state index contributed by atoms with van der Waals surface area (Å²) in [5.74, 6) is -1.20. The number of halogens is 1. The smallest absolute Gasteiger partial charge is 0.146 e. The van der Waals surface area contributed by atoms with E-state index in [-0.39, 0.29) is 22.9 Å². The van der Waals surface area contributed by atoms with Crippen LogP contribution >= 0.6 is 0 Å². The van der Waals surface area contributed by atoms with E-state index in [0.717, 1.165) is 12.1 Å².